The van der Waals surface area contributed by atoms with Crippen molar-refractivity contribution in [3.8, 4) is 0 Å². The number of carbonyl (C=O) groups is 1. The average Bonchev–Trinajstić information content (AvgIpc) is 2.72. The maximum atomic E-state index is 12.3. The minimum absolute atomic E-state index is 0.0953. The van der Waals surface area contributed by atoms with Gasteiger partial charge in [-0.1, -0.05) is 128 Å². The topological polar surface area (TPSA) is 52.3 Å². The first-order valence-electron chi connectivity index (χ1n) is 12.0. The van der Waals surface area contributed by atoms with Crippen LogP contribution in [-0.2, 0) is 9.63 Å². The molecule has 2 N–H and O–H groups in total. The number of hydrogen-bond acceptors (Lipinski definition) is 3. The smallest absolute Gasteiger partial charge is 0.352 e. The van der Waals surface area contributed by atoms with E-state index in [1.807, 2.05) is 12.1 Å². The third-order valence-electron chi connectivity index (χ3n) is 5.62. The first-order chi connectivity index (χ1) is 14.4. The minimum Gasteiger partial charge on any atom is -0.370 e. The van der Waals surface area contributed by atoms with E-state index in [4.69, 9.17) is 5.90 Å². The lowest BCUT2D eigenvalue weighted by Crippen LogP contribution is -2.17. The van der Waals surface area contributed by atoms with Crippen LogP contribution in [0.3, 0.4) is 0 Å². The van der Waals surface area contributed by atoms with E-state index in [0.717, 1.165) is 6.42 Å². The Morgan fingerprint density at radius 3 is 1.97 bits per heavy atom. The van der Waals surface area contributed by atoms with Crippen molar-refractivity contribution in [2.24, 2.45) is 11.3 Å². The van der Waals surface area contributed by atoms with Crippen LogP contribution in [0.5, 0.6) is 0 Å². The molecule has 0 bridgehead atoms. The van der Waals surface area contributed by atoms with E-state index in [-0.39, 0.29) is 5.41 Å². The fourth-order valence-corrected chi connectivity index (χ4v) is 4.05. The number of hydrogen-bond donors (Lipinski definition) is 1. The Morgan fingerprint density at radius 1 is 0.933 bits per heavy atom. The van der Waals surface area contributed by atoms with Gasteiger partial charge in [-0.15, -0.1) is 0 Å². The van der Waals surface area contributed by atoms with Gasteiger partial charge in [0.25, 0.3) is 0 Å². The monoisotopic (exact) mass is 415 g/mol. The van der Waals surface area contributed by atoms with Crippen molar-refractivity contribution in [3.05, 3.63) is 47.5 Å². The van der Waals surface area contributed by atoms with Gasteiger partial charge >= 0.3 is 5.97 Å². The Kier molecular flexibility index (Phi) is 13.4. The first-order valence-corrected chi connectivity index (χ1v) is 12.0. The lowest BCUT2D eigenvalue weighted by atomic mass is 9.84. The molecule has 0 aromatic heterocycles. The van der Waals surface area contributed by atoms with Crippen LogP contribution < -0.4 is 5.90 Å². The van der Waals surface area contributed by atoms with Gasteiger partial charge in [0, 0.05) is 5.57 Å². The lowest BCUT2D eigenvalue weighted by Gasteiger charge is -2.21. The normalized spacial score (nSPS) is 13.3. The van der Waals surface area contributed by atoms with Crippen LogP contribution in [0, 0.1) is 5.41 Å². The molecular formula is C27H45NO2. The van der Waals surface area contributed by atoms with E-state index in [1.54, 1.807) is 0 Å². The highest BCUT2D eigenvalue weighted by Crippen LogP contribution is 2.31. The predicted molar refractivity (Wildman–Crippen MR) is 128 cm³/mol. The van der Waals surface area contributed by atoms with Crippen molar-refractivity contribution >= 4 is 5.97 Å². The number of nitrogens with two attached hydrogens (primary N) is 1. The van der Waals surface area contributed by atoms with Gasteiger partial charge in [0.15, 0.2) is 0 Å². The highest BCUT2D eigenvalue weighted by molar-refractivity contribution is 5.88. The molecule has 0 amide bonds. The van der Waals surface area contributed by atoms with Crippen LogP contribution >= 0.6 is 0 Å². The summed E-state index contributed by atoms with van der Waals surface area (Å²) in [6.45, 7) is 8.55. The zero-order chi connectivity index (χ0) is 22.2. The number of benzene rings is 1. The number of unbranched alkanes of at least 4 members (excludes halogenated alkanes) is 9. The summed E-state index contributed by atoms with van der Waals surface area (Å²) in [7, 11) is 0. The fraction of sp³-hybridized carbons (Fsp3) is 0.667. The van der Waals surface area contributed by atoms with Crippen molar-refractivity contribution in [2.75, 3.05) is 0 Å². The molecule has 1 aromatic carbocycles. The standard InChI is InChI=1S/C27H45NO2/c1-5-6-7-8-9-10-11-12-13-15-20-24(23-18-16-14-17-19-23)21-25(26(29)30-28)22-27(2,3)4/h14,16-19,22,24H,5-13,15,20-21,28H2,1-4H3. The van der Waals surface area contributed by atoms with Crippen LogP contribution in [0.15, 0.2) is 42.0 Å². The summed E-state index contributed by atoms with van der Waals surface area (Å²) in [5, 5.41) is 0. The zero-order valence-electron chi connectivity index (χ0n) is 19.9. The Hall–Kier alpha value is -1.61. The van der Waals surface area contributed by atoms with Gasteiger partial charge in [-0.3, -0.25) is 0 Å². The summed E-state index contributed by atoms with van der Waals surface area (Å²) in [4.78, 5) is 16.9. The van der Waals surface area contributed by atoms with E-state index in [0.29, 0.717) is 17.9 Å². The van der Waals surface area contributed by atoms with Gasteiger partial charge in [-0.2, -0.15) is 5.90 Å². The Balaban J connectivity index is 2.57. The average molecular weight is 416 g/mol. The second-order valence-corrected chi connectivity index (χ2v) is 9.72. The minimum atomic E-state index is -0.408. The predicted octanol–water partition coefficient (Wildman–Crippen LogP) is 7.86. The molecule has 0 aliphatic carbocycles. The molecule has 1 atom stereocenters. The quantitative estimate of drug-likeness (QED) is 0.180. The van der Waals surface area contributed by atoms with Crippen molar-refractivity contribution in [3.63, 3.8) is 0 Å². The zero-order valence-corrected chi connectivity index (χ0v) is 19.9. The molecule has 3 heteroatoms. The molecule has 170 valence electrons. The number of allylic oxidation sites excluding steroid dienone is 1. The summed E-state index contributed by atoms with van der Waals surface area (Å²) < 4.78 is 0. The Bertz CT molecular complexity index is 601. The molecule has 0 saturated heterocycles. The molecule has 3 nitrogen and oxygen atoms in total. The fourth-order valence-electron chi connectivity index (χ4n) is 4.05. The van der Waals surface area contributed by atoms with E-state index in [9.17, 15) is 4.79 Å². The molecule has 0 aliphatic rings. The summed E-state index contributed by atoms with van der Waals surface area (Å²) in [5.74, 6) is 5.13. The van der Waals surface area contributed by atoms with E-state index in [2.05, 4.69) is 56.8 Å². The molecule has 0 heterocycles. The summed E-state index contributed by atoms with van der Waals surface area (Å²) in [5.41, 5.74) is 1.88. The van der Waals surface area contributed by atoms with Crippen molar-refractivity contribution in [2.45, 2.75) is 111 Å². The van der Waals surface area contributed by atoms with E-state index >= 15 is 0 Å². The summed E-state index contributed by atoms with van der Waals surface area (Å²) in [6.07, 6.45) is 17.1. The molecule has 1 rings (SSSR count). The lowest BCUT2D eigenvalue weighted by molar-refractivity contribution is -0.139. The first kappa shape index (κ1) is 26.4. The maximum Gasteiger partial charge on any atom is 0.352 e. The SMILES string of the molecule is CCCCCCCCCCCCC(CC(=CC(C)(C)C)C(=O)ON)c1ccccc1. The molecule has 0 spiro atoms. The van der Waals surface area contributed by atoms with Gasteiger partial charge in [0.1, 0.15) is 0 Å². The molecule has 0 aliphatic heterocycles. The largest absolute Gasteiger partial charge is 0.370 e. The Labute approximate surface area is 185 Å². The highest BCUT2D eigenvalue weighted by Gasteiger charge is 2.21. The molecule has 0 radical (unpaired) electrons. The molecule has 0 saturated carbocycles. The van der Waals surface area contributed by atoms with Crippen molar-refractivity contribution in [1.29, 1.82) is 0 Å². The number of rotatable bonds is 15. The van der Waals surface area contributed by atoms with Crippen LogP contribution in [0.4, 0.5) is 0 Å². The summed E-state index contributed by atoms with van der Waals surface area (Å²) >= 11 is 0. The van der Waals surface area contributed by atoms with Gasteiger partial charge in [0.05, 0.1) is 0 Å². The third-order valence-corrected chi connectivity index (χ3v) is 5.62. The molecule has 0 fully saturated rings. The van der Waals surface area contributed by atoms with Crippen LogP contribution in [0.25, 0.3) is 0 Å². The maximum absolute atomic E-state index is 12.3. The van der Waals surface area contributed by atoms with Crippen LogP contribution in [-0.4, -0.2) is 5.97 Å². The van der Waals surface area contributed by atoms with E-state index in [1.165, 1.54) is 69.8 Å². The van der Waals surface area contributed by atoms with Crippen molar-refractivity contribution in [1.82, 2.24) is 0 Å². The molecule has 1 unspecified atom stereocenters. The number of carbonyl (C=O) groups excluding carboxylic acids is 1. The van der Waals surface area contributed by atoms with Crippen LogP contribution in [0.1, 0.15) is 116 Å². The molecular weight excluding hydrogens is 370 g/mol. The van der Waals surface area contributed by atoms with Crippen molar-refractivity contribution < 1.29 is 9.63 Å². The summed E-state index contributed by atoms with van der Waals surface area (Å²) in [6, 6.07) is 10.5. The Morgan fingerprint density at radius 2 is 1.47 bits per heavy atom. The third kappa shape index (κ3) is 12.2. The molecule has 30 heavy (non-hydrogen) atoms. The van der Waals surface area contributed by atoms with Gasteiger partial charge in [0.2, 0.25) is 0 Å². The van der Waals surface area contributed by atoms with Gasteiger partial charge in [-0.05, 0) is 29.7 Å². The van der Waals surface area contributed by atoms with Gasteiger partial charge < -0.3 is 4.84 Å². The second kappa shape index (κ2) is 15.2. The van der Waals surface area contributed by atoms with E-state index < -0.39 is 5.97 Å². The van der Waals surface area contributed by atoms with Gasteiger partial charge in [-0.25, -0.2) is 4.79 Å². The van der Waals surface area contributed by atoms with Crippen LogP contribution in [0.2, 0.25) is 0 Å². The highest BCUT2D eigenvalue weighted by atomic mass is 16.7. The second-order valence-electron chi connectivity index (χ2n) is 9.72. The molecule has 1 aromatic rings.